The number of benzene rings is 1. The summed E-state index contributed by atoms with van der Waals surface area (Å²) in [7, 11) is 0. The SMILES string of the molecule is BrC(CC1CCCCCC1)c1csc2ccccc12. The third-order valence-electron chi connectivity index (χ3n) is 4.36. The fourth-order valence-electron chi connectivity index (χ4n) is 3.26. The zero-order valence-electron chi connectivity index (χ0n) is 11.3. The van der Waals surface area contributed by atoms with Crippen LogP contribution in [0.4, 0.5) is 0 Å². The maximum absolute atomic E-state index is 3.95. The van der Waals surface area contributed by atoms with Crippen molar-refractivity contribution in [3.8, 4) is 0 Å². The Morgan fingerprint density at radius 3 is 2.63 bits per heavy atom. The Labute approximate surface area is 128 Å². The molecule has 1 unspecified atom stereocenters. The van der Waals surface area contributed by atoms with Crippen LogP contribution in [0.1, 0.15) is 55.3 Å². The minimum Gasteiger partial charge on any atom is -0.143 e. The number of hydrogen-bond acceptors (Lipinski definition) is 1. The highest BCUT2D eigenvalue weighted by Gasteiger charge is 2.19. The fourth-order valence-corrected chi connectivity index (χ4v) is 5.36. The molecule has 3 rings (SSSR count). The molecule has 1 saturated carbocycles. The Hall–Kier alpha value is -0.340. The second kappa shape index (κ2) is 6.41. The van der Waals surface area contributed by atoms with Gasteiger partial charge in [-0.1, -0.05) is 72.7 Å². The molecule has 0 spiro atoms. The van der Waals surface area contributed by atoms with Gasteiger partial charge in [0.2, 0.25) is 0 Å². The summed E-state index contributed by atoms with van der Waals surface area (Å²) < 4.78 is 1.42. The summed E-state index contributed by atoms with van der Waals surface area (Å²) >= 11 is 5.83. The number of hydrogen-bond donors (Lipinski definition) is 0. The molecule has 1 aliphatic carbocycles. The van der Waals surface area contributed by atoms with E-state index in [-0.39, 0.29) is 0 Å². The predicted molar refractivity (Wildman–Crippen MR) is 89.3 cm³/mol. The van der Waals surface area contributed by atoms with E-state index in [0.717, 1.165) is 5.92 Å². The van der Waals surface area contributed by atoms with Gasteiger partial charge in [-0.2, -0.15) is 0 Å². The molecule has 102 valence electrons. The van der Waals surface area contributed by atoms with E-state index in [9.17, 15) is 0 Å². The van der Waals surface area contributed by atoms with E-state index in [1.54, 1.807) is 0 Å². The van der Waals surface area contributed by atoms with E-state index in [4.69, 9.17) is 0 Å². The van der Waals surface area contributed by atoms with Gasteiger partial charge in [0.25, 0.3) is 0 Å². The van der Waals surface area contributed by atoms with Crippen molar-refractivity contribution in [2.45, 2.75) is 49.8 Å². The van der Waals surface area contributed by atoms with Gasteiger partial charge in [0.1, 0.15) is 0 Å². The van der Waals surface area contributed by atoms with Crippen LogP contribution in [0.2, 0.25) is 0 Å². The average molecular weight is 337 g/mol. The Bertz CT molecular complexity index is 523. The van der Waals surface area contributed by atoms with E-state index in [2.05, 4.69) is 45.6 Å². The maximum atomic E-state index is 3.95. The van der Waals surface area contributed by atoms with Crippen LogP contribution in [0, 0.1) is 5.92 Å². The molecule has 0 nitrogen and oxygen atoms in total. The third-order valence-corrected chi connectivity index (χ3v) is 6.21. The van der Waals surface area contributed by atoms with Gasteiger partial charge < -0.3 is 0 Å². The number of thiophene rings is 1. The Morgan fingerprint density at radius 2 is 1.84 bits per heavy atom. The summed E-state index contributed by atoms with van der Waals surface area (Å²) in [4.78, 5) is 0.534. The van der Waals surface area contributed by atoms with Crippen molar-refractivity contribution < 1.29 is 0 Å². The summed E-state index contributed by atoms with van der Waals surface area (Å²) in [5, 5.41) is 3.80. The molecule has 1 aromatic carbocycles. The van der Waals surface area contributed by atoms with Crippen molar-refractivity contribution in [3.05, 3.63) is 35.2 Å². The molecule has 19 heavy (non-hydrogen) atoms. The Kier molecular flexibility index (Phi) is 4.60. The van der Waals surface area contributed by atoms with E-state index in [1.165, 1.54) is 60.6 Å². The molecule has 1 heterocycles. The standard InChI is InChI=1S/C17H21BrS/c18-16(11-13-7-3-1-2-4-8-13)15-12-19-17-10-6-5-9-14(15)17/h5-6,9-10,12-13,16H,1-4,7-8,11H2. The molecular formula is C17H21BrS. The molecule has 0 bridgehead atoms. The zero-order valence-corrected chi connectivity index (χ0v) is 13.7. The van der Waals surface area contributed by atoms with Crippen molar-refractivity contribution in [1.29, 1.82) is 0 Å². The van der Waals surface area contributed by atoms with Gasteiger partial charge in [0.05, 0.1) is 0 Å². The topological polar surface area (TPSA) is 0 Å². The van der Waals surface area contributed by atoms with Crippen LogP contribution in [0.15, 0.2) is 29.6 Å². The van der Waals surface area contributed by atoms with Crippen molar-refractivity contribution in [2.75, 3.05) is 0 Å². The largest absolute Gasteiger partial charge is 0.143 e. The molecule has 2 aromatic rings. The fraction of sp³-hybridized carbons (Fsp3) is 0.529. The number of halogens is 1. The summed E-state index contributed by atoms with van der Waals surface area (Å²) in [6, 6.07) is 8.79. The first-order chi connectivity index (χ1) is 9.34. The summed E-state index contributed by atoms with van der Waals surface area (Å²) in [6.45, 7) is 0. The second-order valence-electron chi connectivity index (χ2n) is 5.75. The molecule has 1 aromatic heterocycles. The highest BCUT2D eigenvalue weighted by Crippen LogP contribution is 2.40. The van der Waals surface area contributed by atoms with Gasteiger partial charge in [-0.3, -0.25) is 0 Å². The van der Waals surface area contributed by atoms with Crippen LogP contribution in [0.3, 0.4) is 0 Å². The Morgan fingerprint density at radius 1 is 1.11 bits per heavy atom. The van der Waals surface area contributed by atoms with Gasteiger partial charge in [-0.25, -0.2) is 0 Å². The third kappa shape index (κ3) is 3.22. The van der Waals surface area contributed by atoms with Gasteiger partial charge in [-0.05, 0) is 34.7 Å². The molecule has 0 N–H and O–H groups in total. The van der Waals surface area contributed by atoms with Gasteiger partial charge in [0, 0.05) is 9.53 Å². The van der Waals surface area contributed by atoms with Crippen LogP contribution in [-0.2, 0) is 0 Å². The lowest BCUT2D eigenvalue weighted by Crippen LogP contribution is -2.02. The monoisotopic (exact) mass is 336 g/mol. The lowest BCUT2D eigenvalue weighted by atomic mass is 9.93. The molecule has 0 amide bonds. The average Bonchev–Trinajstić information content (AvgIpc) is 2.70. The molecule has 0 radical (unpaired) electrons. The van der Waals surface area contributed by atoms with Crippen molar-refractivity contribution >= 4 is 37.4 Å². The van der Waals surface area contributed by atoms with Crippen molar-refractivity contribution in [1.82, 2.24) is 0 Å². The van der Waals surface area contributed by atoms with Gasteiger partial charge in [-0.15, -0.1) is 11.3 Å². The zero-order chi connectivity index (χ0) is 13.1. The quantitative estimate of drug-likeness (QED) is 0.432. The van der Waals surface area contributed by atoms with Crippen molar-refractivity contribution in [2.24, 2.45) is 5.92 Å². The number of fused-ring (bicyclic) bond motifs is 1. The van der Waals surface area contributed by atoms with Gasteiger partial charge >= 0.3 is 0 Å². The maximum Gasteiger partial charge on any atom is 0.0412 e. The first-order valence-electron chi connectivity index (χ1n) is 7.45. The van der Waals surface area contributed by atoms with Crippen LogP contribution in [0.25, 0.3) is 10.1 Å². The molecular weight excluding hydrogens is 316 g/mol. The predicted octanol–water partition coefficient (Wildman–Crippen LogP) is 6.70. The summed E-state index contributed by atoms with van der Waals surface area (Å²) in [5.41, 5.74) is 1.50. The van der Waals surface area contributed by atoms with Crippen LogP contribution in [0.5, 0.6) is 0 Å². The lowest BCUT2D eigenvalue weighted by Gasteiger charge is -2.18. The van der Waals surface area contributed by atoms with Gasteiger partial charge in [0.15, 0.2) is 0 Å². The van der Waals surface area contributed by atoms with Crippen LogP contribution in [-0.4, -0.2) is 0 Å². The van der Waals surface area contributed by atoms with E-state index in [0.29, 0.717) is 4.83 Å². The molecule has 1 fully saturated rings. The first-order valence-corrected chi connectivity index (χ1v) is 9.24. The number of alkyl halides is 1. The summed E-state index contributed by atoms with van der Waals surface area (Å²) in [6.07, 6.45) is 9.95. The Balaban J connectivity index is 1.74. The van der Waals surface area contributed by atoms with Crippen molar-refractivity contribution in [3.63, 3.8) is 0 Å². The smallest absolute Gasteiger partial charge is 0.0412 e. The lowest BCUT2D eigenvalue weighted by molar-refractivity contribution is 0.428. The molecule has 1 aliphatic rings. The molecule has 2 heteroatoms. The highest BCUT2D eigenvalue weighted by molar-refractivity contribution is 9.09. The van der Waals surface area contributed by atoms with Crippen LogP contribution >= 0.6 is 27.3 Å². The molecule has 1 atom stereocenters. The molecule has 0 saturated heterocycles. The highest BCUT2D eigenvalue weighted by atomic mass is 79.9. The molecule has 0 aliphatic heterocycles. The summed E-state index contributed by atoms with van der Waals surface area (Å²) in [5.74, 6) is 0.922. The normalized spacial score (nSPS) is 19.4. The first kappa shape index (κ1) is 13.6. The minimum atomic E-state index is 0.534. The van der Waals surface area contributed by atoms with E-state index >= 15 is 0 Å². The van der Waals surface area contributed by atoms with E-state index < -0.39 is 0 Å². The van der Waals surface area contributed by atoms with Crippen LogP contribution < -0.4 is 0 Å². The second-order valence-corrected chi connectivity index (χ2v) is 7.76. The number of rotatable bonds is 3. The minimum absolute atomic E-state index is 0.534. The van der Waals surface area contributed by atoms with E-state index in [1.807, 2.05) is 11.3 Å².